The normalized spacial score (nSPS) is 10.5. The van der Waals surface area contributed by atoms with Gasteiger partial charge >= 0.3 is 0 Å². The Morgan fingerprint density at radius 3 is 2.90 bits per heavy atom. The van der Waals surface area contributed by atoms with E-state index in [9.17, 15) is 14.9 Å². The van der Waals surface area contributed by atoms with E-state index in [0.717, 1.165) is 6.07 Å². The first-order valence-electron chi connectivity index (χ1n) is 5.91. The lowest BCUT2D eigenvalue weighted by Crippen LogP contribution is -2.18. The summed E-state index contributed by atoms with van der Waals surface area (Å²) in [6, 6.07) is 7.31. The molecule has 2 N–H and O–H groups in total. The Labute approximate surface area is 119 Å². The predicted octanol–water partition coefficient (Wildman–Crippen LogP) is 1.70. The standard InChI is InChI=1S/C13H12N4O4/c1-21-12-5-4-10(17(19)20)7-11(12)13(18)16-15-8-9-3-2-6-14-9/h2-8,14H,1H3,(H,16,18)/b15-8-. The van der Waals surface area contributed by atoms with Crippen LogP contribution in [-0.4, -0.2) is 29.1 Å². The number of carbonyl (C=O) groups excluding carboxylic acids is 1. The molecule has 0 saturated carbocycles. The SMILES string of the molecule is COc1ccc([N+](=O)[O-])cc1C(=O)N/N=C\c1ccc[nH]1. The molecule has 8 heteroatoms. The number of hydrazone groups is 1. The third kappa shape index (κ3) is 3.44. The topological polar surface area (TPSA) is 110 Å². The molecular weight excluding hydrogens is 276 g/mol. The third-order valence-corrected chi connectivity index (χ3v) is 2.63. The van der Waals surface area contributed by atoms with E-state index in [1.807, 2.05) is 0 Å². The van der Waals surface area contributed by atoms with Crippen LogP contribution in [0, 0.1) is 10.1 Å². The molecule has 0 bridgehead atoms. The number of ether oxygens (including phenoxy) is 1. The van der Waals surface area contributed by atoms with Crippen LogP contribution >= 0.6 is 0 Å². The zero-order valence-corrected chi connectivity index (χ0v) is 11.1. The minimum Gasteiger partial charge on any atom is -0.496 e. The van der Waals surface area contributed by atoms with Crippen LogP contribution in [0.15, 0.2) is 41.6 Å². The van der Waals surface area contributed by atoms with Crippen molar-refractivity contribution in [3.8, 4) is 5.75 Å². The molecule has 1 aromatic carbocycles. The van der Waals surface area contributed by atoms with Crippen LogP contribution in [0.4, 0.5) is 5.69 Å². The van der Waals surface area contributed by atoms with Crippen molar-refractivity contribution in [3.63, 3.8) is 0 Å². The van der Waals surface area contributed by atoms with Crippen molar-refractivity contribution in [2.24, 2.45) is 5.10 Å². The summed E-state index contributed by atoms with van der Waals surface area (Å²) in [6.07, 6.45) is 3.13. The number of non-ortho nitro benzene ring substituents is 1. The molecule has 0 fully saturated rings. The van der Waals surface area contributed by atoms with Gasteiger partial charge in [0.15, 0.2) is 0 Å². The number of nitro benzene ring substituents is 1. The molecule has 21 heavy (non-hydrogen) atoms. The summed E-state index contributed by atoms with van der Waals surface area (Å²) in [7, 11) is 1.38. The first-order chi connectivity index (χ1) is 10.1. The fourth-order valence-corrected chi connectivity index (χ4v) is 1.63. The highest BCUT2D eigenvalue weighted by molar-refractivity contribution is 5.98. The van der Waals surface area contributed by atoms with Crippen LogP contribution in [0.3, 0.4) is 0 Å². The van der Waals surface area contributed by atoms with Crippen LogP contribution in [-0.2, 0) is 0 Å². The number of rotatable bonds is 5. The lowest BCUT2D eigenvalue weighted by molar-refractivity contribution is -0.384. The van der Waals surface area contributed by atoms with E-state index in [-0.39, 0.29) is 17.0 Å². The third-order valence-electron chi connectivity index (χ3n) is 2.63. The Balaban J connectivity index is 2.17. The van der Waals surface area contributed by atoms with Crippen molar-refractivity contribution in [1.82, 2.24) is 10.4 Å². The molecular formula is C13H12N4O4. The highest BCUT2D eigenvalue weighted by Crippen LogP contribution is 2.23. The fraction of sp³-hybridized carbons (Fsp3) is 0.0769. The van der Waals surface area contributed by atoms with E-state index in [1.165, 1.54) is 25.5 Å². The van der Waals surface area contributed by atoms with Gasteiger partial charge in [0.05, 0.1) is 29.5 Å². The molecule has 0 aliphatic carbocycles. The number of nitro groups is 1. The van der Waals surface area contributed by atoms with Crippen molar-refractivity contribution in [3.05, 3.63) is 57.9 Å². The number of carbonyl (C=O) groups is 1. The van der Waals surface area contributed by atoms with Crippen LogP contribution in [0.25, 0.3) is 0 Å². The van der Waals surface area contributed by atoms with Crippen LogP contribution in [0.5, 0.6) is 5.75 Å². The summed E-state index contributed by atoms with van der Waals surface area (Å²) in [5, 5.41) is 14.5. The van der Waals surface area contributed by atoms with Crippen molar-refractivity contribution in [2.45, 2.75) is 0 Å². The number of H-pyrrole nitrogens is 1. The van der Waals surface area contributed by atoms with E-state index in [4.69, 9.17) is 4.74 Å². The van der Waals surface area contributed by atoms with Crippen LogP contribution < -0.4 is 10.2 Å². The second-order valence-corrected chi connectivity index (χ2v) is 3.97. The van der Waals surface area contributed by atoms with Gasteiger partial charge in [-0.2, -0.15) is 5.10 Å². The molecule has 108 valence electrons. The number of nitrogens with zero attached hydrogens (tertiary/aromatic N) is 2. The van der Waals surface area contributed by atoms with E-state index < -0.39 is 10.8 Å². The molecule has 1 amide bonds. The molecule has 8 nitrogen and oxygen atoms in total. The van der Waals surface area contributed by atoms with Crippen LogP contribution in [0.1, 0.15) is 16.1 Å². The maximum absolute atomic E-state index is 12.0. The molecule has 0 spiro atoms. The van der Waals surface area contributed by atoms with E-state index in [0.29, 0.717) is 5.69 Å². The van der Waals surface area contributed by atoms with Gasteiger partial charge in [-0.05, 0) is 18.2 Å². The molecule has 0 saturated heterocycles. The Kier molecular flexibility index (Phi) is 4.30. The summed E-state index contributed by atoms with van der Waals surface area (Å²) in [6.45, 7) is 0. The molecule has 2 aromatic rings. The first-order valence-corrected chi connectivity index (χ1v) is 5.91. The van der Waals surface area contributed by atoms with Crippen molar-refractivity contribution in [2.75, 3.05) is 7.11 Å². The Hall–Kier alpha value is -3.16. The zero-order chi connectivity index (χ0) is 15.2. The van der Waals surface area contributed by atoms with Crippen LogP contribution in [0.2, 0.25) is 0 Å². The van der Waals surface area contributed by atoms with Crippen molar-refractivity contribution < 1.29 is 14.5 Å². The minimum atomic E-state index is -0.599. The van der Waals surface area contributed by atoms with Gasteiger partial charge in [-0.1, -0.05) is 0 Å². The number of methoxy groups -OCH3 is 1. The molecule has 2 rings (SSSR count). The van der Waals surface area contributed by atoms with Gasteiger partial charge in [0.1, 0.15) is 5.75 Å². The average Bonchev–Trinajstić information content (AvgIpc) is 2.99. The molecule has 1 heterocycles. The maximum Gasteiger partial charge on any atom is 0.275 e. The number of nitrogens with one attached hydrogen (secondary N) is 2. The van der Waals surface area contributed by atoms with Crippen molar-refractivity contribution >= 4 is 17.8 Å². The quantitative estimate of drug-likeness (QED) is 0.495. The van der Waals surface area contributed by atoms with Gasteiger partial charge in [0.2, 0.25) is 0 Å². The lowest BCUT2D eigenvalue weighted by atomic mass is 10.1. The fourth-order valence-electron chi connectivity index (χ4n) is 1.63. The second kappa shape index (κ2) is 6.33. The van der Waals surface area contributed by atoms with Gasteiger partial charge < -0.3 is 9.72 Å². The summed E-state index contributed by atoms with van der Waals surface area (Å²) < 4.78 is 5.01. The summed E-state index contributed by atoms with van der Waals surface area (Å²) in [4.78, 5) is 25.0. The van der Waals surface area contributed by atoms with Gasteiger partial charge in [0.25, 0.3) is 11.6 Å². The number of amides is 1. The zero-order valence-electron chi connectivity index (χ0n) is 11.1. The molecule has 0 radical (unpaired) electrons. The average molecular weight is 288 g/mol. The Morgan fingerprint density at radius 2 is 2.29 bits per heavy atom. The predicted molar refractivity (Wildman–Crippen MR) is 75.5 cm³/mol. The number of aromatic nitrogens is 1. The first kappa shape index (κ1) is 14.3. The largest absolute Gasteiger partial charge is 0.496 e. The molecule has 1 aromatic heterocycles. The Bertz CT molecular complexity index is 679. The van der Waals surface area contributed by atoms with Gasteiger partial charge in [-0.25, -0.2) is 5.43 Å². The molecule has 0 unspecified atom stereocenters. The second-order valence-electron chi connectivity index (χ2n) is 3.97. The molecule has 0 atom stereocenters. The highest BCUT2D eigenvalue weighted by Gasteiger charge is 2.17. The van der Waals surface area contributed by atoms with Gasteiger partial charge in [-0.3, -0.25) is 14.9 Å². The van der Waals surface area contributed by atoms with Crippen molar-refractivity contribution in [1.29, 1.82) is 0 Å². The van der Waals surface area contributed by atoms with E-state index in [1.54, 1.807) is 18.3 Å². The van der Waals surface area contributed by atoms with Gasteiger partial charge in [-0.15, -0.1) is 0 Å². The minimum absolute atomic E-state index is 0.0373. The summed E-state index contributed by atoms with van der Waals surface area (Å²) in [5.41, 5.74) is 2.83. The molecule has 0 aliphatic heterocycles. The number of benzene rings is 1. The number of aromatic amines is 1. The maximum atomic E-state index is 12.0. The molecule has 0 aliphatic rings. The smallest absolute Gasteiger partial charge is 0.275 e. The monoisotopic (exact) mass is 288 g/mol. The lowest BCUT2D eigenvalue weighted by Gasteiger charge is -2.06. The van der Waals surface area contributed by atoms with E-state index in [2.05, 4.69) is 15.5 Å². The number of hydrogen-bond acceptors (Lipinski definition) is 5. The van der Waals surface area contributed by atoms with E-state index >= 15 is 0 Å². The summed E-state index contributed by atoms with van der Waals surface area (Å²) in [5.74, 6) is -0.369. The van der Waals surface area contributed by atoms with Gasteiger partial charge in [0, 0.05) is 18.3 Å². The summed E-state index contributed by atoms with van der Waals surface area (Å²) >= 11 is 0. The Morgan fingerprint density at radius 1 is 1.48 bits per heavy atom. The highest BCUT2D eigenvalue weighted by atomic mass is 16.6. The number of hydrogen-bond donors (Lipinski definition) is 2.